The number of thioether (sulfide) groups is 1. The quantitative estimate of drug-likeness (QED) is 0.0856. The number of benzene rings is 2. The number of hydrogen-bond donors (Lipinski definition) is 6. The van der Waals surface area contributed by atoms with Gasteiger partial charge in [-0.15, -0.1) is 11.3 Å². The minimum Gasteiger partial charge on any atom is -0.480 e. The fraction of sp³-hybridized carbons (Fsp3) is 0.286. The van der Waals surface area contributed by atoms with Gasteiger partial charge in [0.25, 0.3) is 0 Å². The number of nitrogens with one attached hydrogen (secondary N) is 3. The highest BCUT2D eigenvalue weighted by atomic mass is 32.2. The van der Waals surface area contributed by atoms with Crippen LogP contribution in [-0.4, -0.2) is 124 Å². The summed E-state index contributed by atoms with van der Waals surface area (Å²) >= 11 is 3.17. The van der Waals surface area contributed by atoms with Gasteiger partial charge in [0.05, 0.1) is 42.6 Å². The van der Waals surface area contributed by atoms with Crippen LogP contribution in [0, 0.1) is 0 Å². The number of hydrogen-bond acceptors (Lipinski definition) is 12. The van der Waals surface area contributed by atoms with E-state index in [1.54, 1.807) is 48.2 Å². The number of nitrogens with zero attached hydrogens (tertiary/aromatic N) is 4. The Morgan fingerprint density at radius 2 is 1.20 bits per heavy atom. The first-order chi connectivity index (χ1) is 28.3. The second-order valence-corrected chi connectivity index (χ2v) is 15.4. The third-order valence-electron chi connectivity index (χ3n) is 8.76. The summed E-state index contributed by atoms with van der Waals surface area (Å²) in [6.45, 7) is 9.56. The third-order valence-corrected chi connectivity index (χ3v) is 11.2. The molecule has 6 N–H and O–H groups in total. The Morgan fingerprint density at radius 1 is 0.712 bits per heavy atom. The van der Waals surface area contributed by atoms with Gasteiger partial charge in [0.15, 0.2) is 0 Å². The van der Waals surface area contributed by atoms with Crippen LogP contribution in [-0.2, 0) is 24.0 Å². The van der Waals surface area contributed by atoms with Gasteiger partial charge < -0.3 is 31.3 Å². The molecule has 312 valence electrons. The average molecular weight is 844 g/mol. The van der Waals surface area contributed by atoms with E-state index in [0.29, 0.717) is 11.4 Å². The first-order valence-corrected chi connectivity index (χ1v) is 20.3. The highest BCUT2D eigenvalue weighted by Gasteiger charge is 2.25. The lowest BCUT2D eigenvalue weighted by atomic mass is 10.2. The SMILES string of the molecule is C=C/C=C1/SC(c2ccc(NC(=O)CN(CCN(CCN(CC(=O)O)CC(=O)Nc3ccc(-c4nc(=C/C=C)/c(=C\C)s4)cc3)CC(=O)O)CC(=O)O)cc2)N/C1=C/C. The van der Waals surface area contributed by atoms with E-state index in [2.05, 4.69) is 34.1 Å². The molecule has 0 aliphatic carbocycles. The lowest BCUT2D eigenvalue weighted by molar-refractivity contribution is -0.140. The molecule has 2 amide bonds. The first-order valence-electron chi connectivity index (χ1n) is 18.6. The summed E-state index contributed by atoms with van der Waals surface area (Å²) in [6, 6.07) is 14.4. The summed E-state index contributed by atoms with van der Waals surface area (Å²) in [7, 11) is 0. The van der Waals surface area contributed by atoms with Crippen molar-refractivity contribution in [2.24, 2.45) is 0 Å². The predicted molar refractivity (Wildman–Crippen MR) is 233 cm³/mol. The molecular formula is C42H49N7O8S2. The van der Waals surface area contributed by atoms with Crippen molar-refractivity contribution in [3.63, 3.8) is 0 Å². The monoisotopic (exact) mass is 843 g/mol. The maximum atomic E-state index is 13.0. The second kappa shape index (κ2) is 22.9. The van der Waals surface area contributed by atoms with Gasteiger partial charge in [-0.3, -0.25) is 38.7 Å². The van der Waals surface area contributed by atoms with Crippen molar-refractivity contribution >= 4 is 76.3 Å². The number of aromatic nitrogens is 1. The molecule has 0 radical (unpaired) electrons. The summed E-state index contributed by atoms with van der Waals surface area (Å²) in [5.41, 5.74) is 3.88. The van der Waals surface area contributed by atoms with Gasteiger partial charge in [0.1, 0.15) is 10.4 Å². The molecule has 15 nitrogen and oxygen atoms in total. The van der Waals surface area contributed by atoms with Crippen LogP contribution in [0.15, 0.2) is 96.6 Å². The fourth-order valence-corrected chi connectivity index (χ4v) is 8.19. The number of carbonyl (C=O) groups is 5. The normalized spacial score (nSPS) is 15.8. The number of carbonyl (C=O) groups excluding carboxylic acids is 2. The third kappa shape index (κ3) is 14.8. The Balaban J connectivity index is 1.32. The van der Waals surface area contributed by atoms with Crippen molar-refractivity contribution in [1.82, 2.24) is 25.0 Å². The predicted octanol–water partition coefficient (Wildman–Crippen LogP) is 3.62. The van der Waals surface area contributed by atoms with E-state index in [-0.39, 0.29) is 44.6 Å². The van der Waals surface area contributed by atoms with Crippen molar-refractivity contribution in [1.29, 1.82) is 0 Å². The van der Waals surface area contributed by atoms with Crippen molar-refractivity contribution in [2.75, 3.05) is 69.5 Å². The summed E-state index contributed by atoms with van der Waals surface area (Å²) in [5.74, 6) is -4.42. The zero-order chi connectivity index (χ0) is 42.9. The van der Waals surface area contributed by atoms with Crippen molar-refractivity contribution in [3.8, 4) is 10.6 Å². The lowest BCUT2D eigenvalue weighted by Crippen LogP contribution is -2.46. The number of rotatable bonds is 22. The highest BCUT2D eigenvalue weighted by Crippen LogP contribution is 2.43. The van der Waals surface area contributed by atoms with Crippen LogP contribution in [0.25, 0.3) is 22.7 Å². The molecule has 0 spiro atoms. The minimum absolute atomic E-state index is 0.0169. The van der Waals surface area contributed by atoms with Crippen LogP contribution < -0.4 is 25.8 Å². The van der Waals surface area contributed by atoms with E-state index >= 15 is 0 Å². The number of anilines is 2. The molecule has 59 heavy (non-hydrogen) atoms. The molecular weight excluding hydrogens is 795 g/mol. The van der Waals surface area contributed by atoms with Crippen LogP contribution in [0.4, 0.5) is 11.4 Å². The van der Waals surface area contributed by atoms with E-state index in [9.17, 15) is 39.3 Å². The molecule has 1 aliphatic rings. The van der Waals surface area contributed by atoms with E-state index in [0.717, 1.165) is 36.6 Å². The largest absolute Gasteiger partial charge is 0.480 e. The first kappa shape index (κ1) is 45.8. The molecule has 0 saturated carbocycles. The Bertz CT molecular complexity index is 2190. The van der Waals surface area contributed by atoms with Crippen LogP contribution in [0.1, 0.15) is 24.8 Å². The molecule has 1 fully saturated rings. The van der Waals surface area contributed by atoms with Gasteiger partial charge in [-0.1, -0.05) is 61.4 Å². The molecule has 17 heteroatoms. The van der Waals surface area contributed by atoms with Crippen LogP contribution in [0.5, 0.6) is 0 Å². The average Bonchev–Trinajstić information content (AvgIpc) is 3.79. The van der Waals surface area contributed by atoms with Gasteiger partial charge >= 0.3 is 17.9 Å². The molecule has 0 bridgehead atoms. The van der Waals surface area contributed by atoms with E-state index in [4.69, 9.17) is 0 Å². The molecule has 1 aliphatic heterocycles. The van der Waals surface area contributed by atoms with Crippen molar-refractivity contribution in [3.05, 3.63) is 112 Å². The summed E-state index contributed by atoms with van der Waals surface area (Å²) in [4.78, 5) is 71.3. The maximum absolute atomic E-state index is 13.0. The number of thiazole rings is 1. The zero-order valence-electron chi connectivity index (χ0n) is 32.9. The molecule has 1 aromatic heterocycles. The Morgan fingerprint density at radius 3 is 1.68 bits per heavy atom. The Kier molecular flexibility index (Phi) is 17.8. The fourth-order valence-electron chi connectivity index (χ4n) is 6.03. The van der Waals surface area contributed by atoms with Crippen molar-refractivity contribution in [2.45, 2.75) is 19.2 Å². The van der Waals surface area contributed by atoms with E-state index < -0.39 is 49.4 Å². The number of aliphatic carboxylic acids is 3. The number of carboxylic acid groups (broad SMARTS) is 3. The Hall–Kier alpha value is -5.85. The Labute approximate surface area is 350 Å². The lowest BCUT2D eigenvalue weighted by Gasteiger charge is -2.28. The van der Waals surface area contributed by atoms with E-state index in [1.165, 1.54) is 26.0 Å². The van der Waals surface area contributed by atoms with Gasteiger partial charge in [0.2, 0.25) is 11.8 Å². The maximum Gasteiger partial charge on any atom is 0.317 e. The van der Waals surface area contributed by atoms with Crippen LogP contribution in [0.2, 0.25) is 0 Å². The number of amides is 2. The second-order valence-electron chi connectivity index (χ2n) is 13.2. The van der Waals surface area contributed by atoms with Gasteiger partial charge in [-0.05, 0) is 68.0 Å². The molecule has 1 unspecified atom stereocenters. The van der Waals surface area contributed by atoms with Crippen LogP contribution in [0.3, 0.4) is 0 Å². The van der Waals surface area contributed by atoms with Gasteiger partial charge in [0, 0.05) is 53.7 Å². The zero-order valence-corrected chi connectivity index (χ0v) is 34.6. The topological polar surface area (TPSA) is 205 Å². The molecule has 1 saturated heterocycles. The molecule has 4 rings (SSSR count). The minimum atomic E-state index is -1.17. The molecule has 2 heterocycles. The number of carboxylic acids is 3. The molecule has 1 atom stereocenters. The smallest absolute Gasteiger partial charge is 0.317 e. The summed E-state index contributed by atoms with van der Waals surface area (Å²) in [6.07, 6.45) is 11.1. The van der Waals surface area contributed by atoms with Gasteiger partial charge in [-0.25, -0.2) is 4.98 Å². The summed E-state index contributed by atoms with van der Waals surface area (Å²) in [5, 5.41) is 39.3. The van der Waals surface area contributed by atoms with Gasteiger partial charge in [-0.2, -0.15) is 0 Å². The van der Waals surface area contributed by atoms with Crippen LogP contribution >= 0.6 is 23.1 Å². The summed E-state index contributed by atoms with van der Waals surface area (Å²) < 4.78 is 1.01. The molecule has 2 aromatic carbocycles. The standard InChI is InChI=1S/C42H49N7O8S2/c1-5-9-33-34(8-4)58-42(46-33)29-13-17-31(18-14-29)44-37(51)24-49(27-40(56)57)22-20-47(25-38(52)53)19-21-48(26-39(54)55)23-36(50)43-30-15-11-28(12-16-30)41-45-32(7-3)35(59-41)10-6-2/h5-18,41,45H,1-2,19-27H2,3-4H3,(H,43,50)(H,44,51)(H,52,53)(H,54,55)(H,56,57)/b32-7+,33-9+,34-8+,35-10+. The highest BCUT2D eigenvalue weighted by molar-refractivity contribution is 8.03. The van der Waals surface area contributed by atoms with Crippen molar-refractivity contribution < 1.29 is 39.3 Å². The molecule has 3 aromatic rings. The number of allylic oxidation sites excluding steroid dienone is 4. The van der Waals surface area contributed by atoms with E-state index in [1.807, 2.05) is 62.4 Å².